The van der Waals surface area contributed by atoms with Gasteiger partial charge in [-0.05, 0) is 66.0 Å². The summed E-state index contributed by atoms with van der Waals surface area (Å²) in [6.07, 6.45) is 1.58. The van der Waals surface area contributed by atoms with Gasteiger partial charge in [-0.1, -0.05) is 0 Å². The lowest BCUT2D eigenvalue weighted by molar-refractivity contribution is 0.102. The van der Waals surface area contributed by atoms with Crippen LogP contribution in [0.25, 0.3) is 0 Å². The van der Waals surface area contributed by atoms with E-state index in [9.17, 15) is 4.79 Å². The zero-order chi connectivity index (χ0) is 14.7. The van der Waals surface area contributed by atoms with Crippen LogP contribution >= 0.6 is 47.8 Å². The second kappa shape index (κ2) is 6.69. The summed E-state index contributed by atoms with van der Waals surface area (Å²) in [5.41, 5.74) is 0.946. The van der Waals surface area contributed by atoms with Gasteiger partial charge < -0.3 is 10.1 Å². The van der Waals surface area contributed by atoms with E-state index in [1.165, 1.54) is 0 Å². The number of halogens is 3. The minimum atomic E-state index is -0.289. The van der Waals surface area contributed by atoms with Gasteiger partial charge in [-0.3, -0.25) is 4.79 Å². The number of hydrogen-bond acceptors (Lipinski definition) is 3. The molecular formula is C13H9Br3N2O2. The molecule has 1 aromatic heterocycles. The third-order valence-electron chi connectivity index (χ3n) is 2.45. The van der Waals surface area contributed by atoms with Gasteiger partial charge in [0.05, 0.1) is 17.3 Å². The first-order valence-electron chi connectivity index (χ1n) is 5.47. The van der Waals surface area contributed by atoms with Crippen molar-refractivity contribution in [3.63, 3.8) is 0 Å². The molecule has 1 aromatic carbocycles. The van der Waals surface area contributed by atoms with Crippen molar-refractivity contribution < 1.29 is 9.53 Å². The van der Waals surface area contributed by atoms with Crippen LogP contribution in [0.4, 0.5) is 5.69 Å². The van der Waals surface area contributed by atoms with E-state index >= 15 is 0 Å². The van der Waals surface area contributed by atoms with Crippen molar-refractivity contribution in [2.45, 2.75) is 0 Å². The predicted molar refractivity (Wildman–Crippen MR) is 88.3 cm³/mol. The lowest BCUT2D eigenvalue weighted by Crippen LogP contribution is -2.14. The molecule has 0 aliphatic heterocycles. The number of rotatable bonds is 3. The molecule has 0 spiro atoms. The SMILES string of the molecule is COc1cc(NC(=O)c2ccc(Br)cn2)c(Br)cc1Br. The highest BCUT2D eigenvalue weighted by Gasteiger charge is 2.12. The summed E-state index contributed by atoms with van der Waals surface area (Å²) in [5, 5.41) is 2.78. The Labute approximate surface area is 141 Å². The summed E-state index contributed by atoms with van der Waals surface area (Å²) in [6, 6.07) is 6.94. The molecule has 4 nitrogen and oxygen atoms in total. The van der Waals surface area contributed by atoms with E-state index in [0.717, 1.165) is 13.4 Å². The highest BCUT2D eigenvalue weighted by molar-refractivity contribution is 9.11. The minimum absolute atomic E-state index is 0.289. The van der Waals surface area contributed by atoms with Crippen LogP contribution < -0.4 is 10.1 Å². The number of nitrogens with one attached hydrogen (secondary N) is 1. The first kappa shape index (κ1) is 15.5. The van der Waals surface area contributed by atoms with Gasteiger partial charge in [0, 0.05) is 21.2 Å². The molecule has 0 fully saturated rings. The van der Waals surface area contributed by atoms with Crippen molar-refractivity contribution in [2.24, 2.45) is 0 Å². The van der Waals surface area contributed by atoms with Crippen LogP contribution in [0.2, 0.25) is 0 Å². The smallest absolute Gasteiger partial charge is 0.274 e. The molecule has 1 N–H and O–H groups in total. The third-order valence-corrected chi connectivity index (χ3v) is 4.19. The van der Waals surface area contributed by atoms with Crippen LogP contribution in [0, 0.1) is 0 Å². The molecule has 0 aliphatic carbocycles. The minimum Gasteiger partial charge on any atom is -0.495 e. The molecule has 1 heterocycles. The number of ether oxygens (including phenoxy) is 1. The van der Waals surface area contributed by atoms with Crippen molar-refractivity contribution >= 4 is 59.4 Å². The number of pyridine rings is 1. The number of methoxy groups -OCH3 is 1. The van der Waals surface area contributed by atoms with Crippen molar-refractivity contribution in [1.82, 2.24) is 4.98 Å². The van der Waals surface area contributed by atoms with E-state index in [1.54, 1.807) is 31.5 Å². The van der Waals surface area contributed by atoms with Gasteiger partial charge in [0.15, 0.2) is 0 Å². The molecule has 2 rings (SSSR count). The Hall–Kier alpha value is -0.920. The summed E-state index contributed by atoms with van der Waals surface area (Å²) < 4.78 is 7.57. The average Bonchev–Trinajstić information content (AvgIpc) is 2.42. The fourth-order valence-corrected chi connectivity index (χ4v) is 2.97. The third kappa shape index (κ3) is 3.59. The molecule has 104 valence electrons. The number of anilines is 1. The van der Waals surface area contributed by atoms with Crippen LogP contribution in [0.3, 0.4) is 0 Å². The van der Waals surface area contributed by atoms with E-state index in [0.29, 0.717) is 17.1 Å². The van der Waals surface area contributed by atoms with Gasteiger partial charge >= 0.3 is 0 Å². The predicted octanol–water partition coefficient (Wildman–Crippen LogP) is 4.63. The molecule has 7 heteroatoms. The van der Waals surface area contributed by atoms with E-state index in [2.05, 4.69) is 58.1 Å². The summed E-state index contributed by atoms with van der Waals surface area (Å²) in [7, 11) is 1.57. The Morgan fingerprint density at radius 3 is 2.55 bits per heavy atom. The zero-order valence-corrected chi connectivity index (χ0v) is 15.0. The zero-order valence-electron chi connectivity index (χ0n) is 10.3. The second-order valence-electron chi connectivity index (χ2n) is 3.78. The Kier molecular flexibility index (Phi) is 5.17. The Morgan fingerprint density at radius 1 is 1.20 bits per heavy atom. The monoisotopic (exact) mass is 462 g/mol. The van der Waals surface area contributed by atoms with Crippen molar-refractivity contribution in [1.29, 1.82) is 0 Å². The molecule has 0 radical (unpaired) electrons. The number of amides is 1. The normalized spacial score (nSPS) is 10.2. The molecule has 0 saturated heterocycles. The van der Waals surface area contributed by atoms with Gasteiger partial charge in [-0.2, -0.15) is 0 Å². The molecular weight excluding hydrogens is 456 g/mol. The standard InChI is InChI=1S/C13H9Br3N2O2/c1-20-12-5-11(8(15)4-9(12)16)18-13(19)10-3-2-7(14)6-17-10/h2-6H,1H3,(H,18,19). The molecule has 0 unspecified atom stereocenters. The van der Waals surface area contributed by atoms with Gasteiger partial charge in [0.1, 0.15) is 11.4 Å². The van der Waals surface area contributed by atoms with Crippen LogP contribution in [0.5, 0.6) is 5.75 Å². The fourth-order valence-electron chi connectivity index (χ4n) is 1.48. The van der Waals surface area contributed by atoms with Crippen LogP contribution in [0.1, 0.15) is 10.5 Å². The average molecular weight is 465 g/mol. The number of aromatic nitrogens is 1. The van der Waals surface area contributed by atoms with E-state index < -0.39 is 0 Å². The quantitative estimate of drug-likeness (QED) is 0.720. The summed E-state index contributed by atoms with van der Waals surface area (Å²) >= 11 is 10.0. The van der Waals surface area contributed by atoms with Crippen molar-refractivity contribution in [3.8, 4) is 5.75 Å². The maximum Gasteiger partial charge on any atom is 0.274 e. The molecule has 20 heavy (non-hydrogen) atoms. The number of carbonyl (C=O) groups excluding carboxylic acids is 1. The summed E-state index contributed by atoms with van der Waals surface area (Å²) in [4.78, 5) is 16.1. The number of hydrogen-bond donors (Lipinski definition) is 1. The molecule has 2 aromatic rings. The maximum atomic E-state index is 12.1. The summed E-state index contributed by atoms with van der Waals surface area (Å²) in [6.45, 7) is 0. The van der Waals surface area contributed by atoms with Gasteiger partial charge in [0.25, 0.3) is 5.91 Å². The summed E-state index contributed by atoms with van der Waals surface area (Å²) in [5.74, 6) is 0.342. The van der Waals surface area contributed by atoms with E-state index in [1.807, 2.05) is 6.07 Å². The lowest BCUT2D eigenvalue weighted by atomic mass is 10.2. The Balaban J connectivity index is 2.25. The number of benzene rings is 1. The topological polar surface area (TPSA) is 51.2 Å². The number of carbonyl (C=O) groups is 1. The van der Waals surface area contributed by atoms with Crippen LogP contribution in [-0.4, -0.2) is 18.0 Å². The molecule has 1 amide bonds. The Bertz CT molecular complexity index is 645. The first-order valence-corrected chi connectivity index (χ1v) is 7.85. The largest absolute Gasteiger partial charge is 0.495 e. The fraction of sp³-hybridized carbons (Fsp3) is 0.0769. The van der Waals surface area contributed by atoms with E-state index in [4.69, 9.17) is 4.74 Å². The number of nitrogens with zero attached hydrogens (tertiary/aromatic N) is 1. The molecule has 0 atom stereocenters. The van der Waals surface area contributed by atoms with Crippen LogP contribution in [0.15, 0.2) is 43.9 Å². The Morgan fingerprint density at radius 2 is 1.95 bits per heavy atom. The molecule has 0 saturated carbocycles. The van der Waals surface area contributed by atoms with Gasteiger partial charge in [-0.15, -0.1) is 0 Å². The van der Waals surface area contributed by atoms with Crippen molar-refractivity contribution in [2.75, 3.05) is 12.4 Å². The second-order valence-corrected chi connectivity index (χ2v) is 6.41. The van der Waals surface area contributed by atoms with Gasteiger partial charge in [-0.25, -0.2) is 4.98 Å². The first-order chi connectivity index (χ1) is 9.51. The molecule has 0 bridgehead atoms. The van der Waals surface area contributed by atoms with Crippen molar-refractivity contribution in [3.05, 3.63) is 49.6 Å². The molecule has 0 aliphatic rings. The van der Waals surface area contributed by atoms with E-state index in [-0.39, 0.29) is 5.91 Å². The van der Waals surface area contributed by atoms with Crippen LogP contribution in [-0.2, 0) is 0 Å². The highest BCUT2D eigenvalue weighted by atomic mass is 79.9. The van der Waals surface area contributed by atoms with Gasteiger partial charge in [0.2, 0.25) is 0 Å². The lowest BCUT2D eigenvalue weighted by Gasteiger charge is -2.10. The highest BCUT2D eigenvalue weighted by Crippen LogP contribution is 2.34. The maximum absolute atomic E-state index is 12.1.